The Hall–Kier alpha value is -2.69. The minimum atomic E-state index is -4.53. The number of nitrogens with two attached hydrogens (primary N) is 1. The van der Waals surface area contributed by atoms with Crippen LogP contribution in [0.2, 0.25) is 0 Å². The van der Waals surface area contributed by atoms with E-state index in [4.69, 9.17) is 5.84 Å². The van der Waals surface area contributed by atoms with Crippen LogP contribution >= 0.6 is 0 Å². The molecule has 11 heteroatoms. The van der Waals surface area contributed by atoms with Crippen molar-refractivity contribution in [2.24, 2.45) is 5.84 Å². The highest BCUT2D eigenvalue weighted by Crippen LogP contribution is 2.28. The first kappa shape index (κ1) is 12.3. The second-order valence-corrected chi connectivity index (χ2v) is 3.79. The zero-order chi connectivity index (χ0) is 14.3. The van der Waals surface area contributed by atoms with Gasteiger partial charge in [0, 0.05) is 6.20 Å². The third-order valence-corrected chi connectivity index (χ3v) is 2.52. The van der Waals surface area contributed by atoms with E-state index in [1.165, 1.54) is 6.20 Å². The maximum absolute atomic E-state index is 12.6. The van der Waals surface area contributed by atoms with Gasteiger partial charge in [-0.2, -0.15) is 33.3 Å². The van der Waals surface area contributed by atoms with E-state index in [0.717, 1.165) is 16.9 Å². The van der Waals surface area contributed by atoms with Crippen molar-refractivity contribution in [1.29, 1.82) is 0 Å². The molecular formula is C9H7F3N8. The Morgan fingerprint density at radius 1 is 1.30 bits per heavy atom. The number of nitrogens with one attached hydrogen (secondary N) is 2. The predicted molar refractivity (Wildman–Crippen MR) is 61.6 cm³/mol. The molecule has 3 heterocycles. The van der Waals surface area contributed by atoms with E-state index in [-0.39, 0.29) is 11.8 Å². The summed E-state index contributed by atoms with van der Waals surface area (Å²) in [7, 11) is 0. The van der Waals surface area contributed by atoms with E-state index in [0.29, 0.717) is 11.0 Å². The van der Waals surface area contributed by atoms with Gasteiger partial charge in [0.05, 0.1) is 11.6 Å². The lowest BCUT2D eigenvalue weighted by atomic mass is 10.4. The first-order valence-electron chi connectivity index (χ1n) is 5.30. The number of nitrogen functional groups attached to an aromatic ring is 1. The molecule has 3 rings (SSSR count). The molecule has 0 aliphatic heterocycles. The van der Waals surface area contributed by atoms with E-state index in [1.807, 2.05) is 0 Å². The molecule has 0 saturated carbocycles. The van der Waals surface area contributed by atoms with E-state index >= 15 is 0 Å². The summed E-state index contributed by atoms with van der Waals surface area (Å²) in [6, 6.07) is 0.851. The molecule has 0 fully saturated rings. The van der Waals surface area contributed by atoms with Crippen LogP contribution in [0.15, 0.2) is 18.5 Å². The molecule has 0 saturated heterocycles. The number of hydrogen-bond acceptors (Lipinski definition) is 6. The summed E-state index contributed by atoms with van der Waals surface area (Å²) in [5, 5.41) is 10.2. The standard InChI is InChI=1S/C9H7F3N8/c10-9(11,12)5-1-2-20(19-5)7-4-3-14-18-6(4)15-8(16-7)17-13/h1-3H,13H2,(H2,14,15,16,17,18). The van der Waals surface area contributed by atoms with Crippen LogP contribution < -0.4 is 11.3 Å². The highest BCUT2D eigenvalue weighted by atomic mass is 19.4. The lowest BCUT2D eigenvalue weighted by molar-refractivity contribution is -0.141. The fourth-order valence-electron chi connectivity index (χ4n) is 1.65. The molecule has 0 amide bonds. The van der Waals surface area contributed by atoms with Crippen molar-refractivity contribution in [3.05, 3.63) is 24.2 Å². The molecule has 0 spiro atoms. The van der Waals surface area contributed by atoms with Gasteiger partial charge in [-0.1, -0.05) is 0 Å². The van der Waals surface area contributed by atoms with Gasteiger partial charge in [-0.25, -0.2) is 10.5 Å². The van der Waals surface area contributed by atoms with Crippen molar-refractivity contribution >= 4 is 17.0 Å². The van der Waals surface area contributed by atoms with Gasteiger partial charge in [-0.15, -0.1) is 0 Å². The second-order valence-electron chi connectivity index (χ2n) is 3.79. The maximum atomic E-state index is 12.6. The number of aromatic amines is 1. The monoisotopic (exact) mass is 284 g/mol. The molecule has 0 atom stereocenters. The van der Waals surface area contributed by atoms with Crippen molar-refractivity contribution < 1.29 is 13.2 Å². The van der Waals surface area contributed by atoms with Crippen molar-refractivity contribution in [2.75, 3.05) is 5.43 Å². The Kier molecular flexibility index (Phi) is 2.57. The predicted octanol–water partition coefficient (Wildman–Crippen LogP) is 0.843. The van der Waals surface area contributed by atoms with Gasteiger partial charge < -0.3 is 0 Å². The van der Waals surface area contributed by atoms with E-state index in [2.05, 4.69) is 30.7 Å². The molecule has 0 aliphatic rings. The summed E-state index contributed by atoms with van der Waals surface area (Å²) < 4.78 is 38.7. The van der Waals surface area contributed by atoms with E-state index < -0.39 is 11.9 Å². The molecule has 104 valence electrons. The van der Waals surface area contributed by atoms with Gasteiger partial charge >= 0.3 is 6.18 Å². The molecule has 0 unspecified atom stereocenters. The molecule has 20 heavy (non-hydrogen) atoms. The number of H-pyrrole nitrogens is 1. The van der Waals surface area contributed by atoms with Gasteiger partial charge in [0.2, 0.25) is 5.95 Å². The second kappa shape index (κ2) is 4.16. The molecule has 0 aromatic carbocycles. The Labute approximate surface area is 108 Å². The fourth-order valence-corrected chi connectivity index (χ4v) is 1.65. The number of aromatic nitrogens is 6. The van der Waals surface area contributed by atoms with Crippen LogP contribution in [0.3, 0.4) is 0 Å². The summed E-state index contributed by atoms with van der Waals surface area (Å²) >= 11 is 0. The molecular weight excluding hydrogens is 277 g/mol. The van der Waals surface area contributed by atoms with Crippen molar-refractivity contribution in [1.82, 2.24) is 29.9 Å². The van der Waals surface area contributed by atoms with Gasteiger partial charge in [0.15, 0.2) is 17.2 Å². The minimum Gasteiger partial charge on any atom is -0.292 e. The number of alkyl halides is 3. The van der Waals surface area contributed by atoms with Crippen LogP contribution in [0.4, 0.5) is 19.1 Å². The first-order chi connectivity index (χ1) is 9.49. The number of hydrogen-bond donors (Lipinski definition) is 3. The molecule has 3 aromatic rings. The quantitative estimate of drug-likeness (QED) is 0.475. The molecule has 0 bridgehead atoms. The van der Waals surface area contributed by atoms with Gasteiger partial charge in [0.25, 0.3) is 0 Å². The van der Waals surface area contributed by atoms with Crippen LogP contribution in [0, 0.1) is 0 Å². The Balaban J connectivity index is 2.18. The third kappa shape index (κ3) is 1.93. The van der Waals surface area contributed by atoms with Crippen LogP contribution in [-0.2, 0) is 6.18 Å². The number of hydrazine groups is 1. The number of halogens is 3. The lowest BCUT2D eigenvalue weighted by Gasteiger charge is -2.05. The zero-order valence-electron chi connectivity index (χ0n) is 9.68. The Morgan fingerprint density at radius 3 is 2.75 bits per heavy atom. The average Bonchev–Trinajstić information content (AvgIpc) is 3.05. The van der Waals surface area contributed by atoms with Crippen LogP contribution in [0.5, 0.6) is 0 Å². The molecule has 0 aliphatic carbocycles. The largest absolute Gasteiger partial charge is 0.435 e. The van der Waals surface area contributed by atoms with Crippen molar-refractivity contribution in [3.63, 3.8) is 0 Å². The Bertz CT molecular complexity index is 758. The minimum absolute atomic E-state index is 0.0285. The topological polar surface area (TPSA) is 110 Å². The maximum Gasteiger partial charge on any atom is 0.435 e. The zero-order valence-corrected chi connectivity index (χ0v) is 9.68. The smallest absolute Gasteiger partial charge is 0.292 e. The van der Waals surface area contributed by atoms with Crippen LogP contribution in [0.25, 0.3) is 16.9 Å². The number of nitrogens with zero attached hydrogens (tertiary/aromatic N) is 5. The van der Waals surface area contributed by atoms with Gasteiger partial charge in [-0.05, 0) is 6.07 Å². The first-order valence-corrected chi connectivity index (χ1v) is 5.30. The van der Waals surface area contributed by atoms with Crippen LogP contribution in [-0.4, -0.2) is 29.9 Å². The van der Waals surface area contributed by atoms with Gasteiger partial charge in [0.1, 0.15) is 0 Å². The SMILES string of the molecule is NNc1nc(-n2ccc(C(F)(F)F)n2)c2cn[nH]c2n1. The summed E-state index contributed by atoms with van der Waals surface area (Å²) in [4.78, 5) is 7.95. The van der Waals surface area contributed by atoms with Crippen molar-refractivity contribution in [3.8, 4) is 5.82 Å². The molecule has 4 N–H and O–H groups in total. The fraction of sp³-hybridized carbons (Fsp3) is 0.111. The summed E-state index contributed by atoms with van der Waals surface area (Å²) in [5.41, 5.74) is 1.53. The van der Waals surface area contributed by atoms with E-state index in [9.17, 15) is 13.2 Å². The summed E-state index contributed by atoms with van der Waals surface area (Å²) in [6.07, 6.45) is -1.99. The third-order valence-electron chi connectivity index (χ3n) is 2.52. The average molecular weight is 284 g/mol. The number of fused-ring (bicyclic) bond motifs is 1. The molecule has 3 aromatic heterocycles. The molecule has 8 nitrogen and oxygen atoms in total. The summed E-state index contributed by atoms with van der Waals surface area (Å²) in [6.45, 7) is 0. The number of anilines is 1. The highest BCUT2D eigenvalue weighted by Gasteiger charge is 2.34. The normalized spacial score (nSPS) is 12.0. The van der Waals surface area contributed by atoms with E-state index in [1.54, 1.807) is 0 Å². The summed E-state index contributed by atoms with van der Waals surface area (Å²) in [5.74, 6) is 5.37. The van der Waals surface area contributed by atoms with Gasteiger partial charge in [-0.3, -0.25) is 10.5 Å². The highest BCUT2D eigenvalue weighted by molar-refractivity contribution is 5.82. The Morgan fingerprint density at radius 2 is 2.10 bits per heavy atom. The van der Waals surface area contributed by atoms with Crippen molar-refractivity contribution in [2.45, 2.75) is 6.18 Å². The lowest BCUT2D eigenvalue weighted by Crippen LogP contribution is -2.13. The number of rotatable bonds is 2. The molecule has 0 radical (unpaired) electrons. The van der Waals surface area contributed by atoms with Crippen LogP contribution in [0.1, 0.15) is 5.69 Å².